The van der Waals surface area contributed by atoms with Crippen molar-refractivity contribution in [3.05, 3.63) is 94.5 Å². The first-order valence-electron chi connectivity index (χ1n) is 10.0. The molecule has 32 heavy (non-hydrogen) atoms. The monoisotopic (exact) mass is 512 g/mol. The van der Waals surface area contributed by atoms with Gasteiger partial charge in [0, 0.05) is 11.0 Å². The standard InChI is InChI=1S/C24H21BrN2O4S/c1-17-7-11-20(12-8-17)27-23(28)15-22(24(27)29)26(16-18-5-3-2-4-6-18)32(30,31)21-13-9-19(25)10-14-21/h2-14,22H,15-16H2,1H3. The Kier molecular flexibility index (Phi) is 6.28. The largest absolute Gasteiger partial charge is 0.274 e. The summed E-state index contributed by atoms with van der Waals surface area (Å²) in [4.78, 5) is 27.3. The minimum absolute atomic E-state index is 0.0232. The van der Waals surface area contributed by atoms with Gasteiger partial charge in [0.05, 0.1) is 17.0 Å². The Morgan fingerprint density at radius 2 is 1.56 bits per heavy atom. The third-order valence-electron chi connectivity index (χ3n) is 5.36. The van der Waals surface area contributed by atoms with E-state index in [0.29, 0.717) is 5.69 Å². The fraction of sp³-hybridized carbons (Fsp3) is 0.167. The van der Waals surface area contributed by atoms with Gasteiger partial charge >= 0.3 is 0 Å². The molecule has 164 valence electrons. The summed E-state index contributed by atoms with van der Waals surface area (Å²) >= 11 is 3.31. The van der Waals surface area contributed by atoms with Crippen LogP contribution in [0.25, 0.3) is 0 Å². The Morgan fingerprint density at radius 1 is 0.938 bits per heavy atom. The number of halogens is 1. The number of anilines is 1. The van der Waals surface area contributed by atoms with Gasteiger partial charge in [0.1, 0.15) is 6.04 Å². The molecule has 0 aromatic heterocycles. The maximum Gasteiger partial charge on any atom is 0.252 e. The zero-order valence-corrected chi connectivity index (χ0v) is 19.7. The van der Waals surface area contributed by atoms with E-state index >= 15 is 0 Å². The molecule has 1 unspecified atom stereocenters. The van der Waals surface area contributed by atoms with Crippen molar-refractivity contribution in [3.8, 4) is 0 Å². The van der Waals surface area contributed by atoms with E-state index in [-0.39, 0.29) is 17.9 Å². The Bertz CT molecular complexity index is 1240. The number of imide groups is 1. The van der Waals surface area contributed by atoms with Gasteiger partial charge in [-0.15, -0.1) is 0 Å². The van der Waals surface area contributed by atoms with Gasteiger partial charge in [-0.3, -0.25) is 9.59 Å². The second-order valence-electron chi connectivity index (χ2n) is 7.61. The zero-order valence-electron chi connectivity index (χ0n) is 17.3. The topological polar surface area (TPSA) is 74.8 Å². The highest BCUT2D eigenvalue weighted by Crippen LogP contribution is 2.31. The fourth-order valence-corrected chi connectivity index (χ4v) is 5.51. The highest BCUT2D eigenvalue weighted by molar-refractivity contribution is 9.10. The summed E-state index contributed by atoms with van der Waals surface area (Å²) in [5, 5.41) is 0. The van der Waals surface area contributed by atoms with Gasteiger partial charge in [-0.05, 0) is 48.9 Å². The molecule has 0 spiro atoms. The summed E-state index contributed by atoms with van der Waals surface area (Å²) in [5.41, 5.74) is 2.16. The van der Waals surface area contributed by atoms with E-state index in [1.54, 1.807) is 48.5 Å². The van der Waals surface area contributed by atoms with Crippen LogP contribution in [-0.4, -0.2) is 30.6 Å². The number of carbonyl (C=O) groups excluding carboxylic acids is 2. The Hall–Kier alpha value is -2.81. The van der Waals surface area contributed by atoms with E-state index in [0.717, 1.165) is 24.8 Å². The van der Waals surface area contributed by atoms with Crippen LogP contribution in [-0.2, 0) is 26.2 Å². The molecule has 3 aromatic carbocycles. The van der Waals surface area contributed by atoms with Gasteiger partial charge in [-0.1, -0.05) is 64.0 Å². The van der Waals surface area contributed by atoms with Crippen molar-refractivity contribution in [2.24, 2.45) is 0 Å². The van der Waals surface area contributed by atoms with Crippen molar-refractivity contribution in [3.63, 3.8) is 0 Å². The van der Waals surface area contributed by atoms with Crippen LogP contribution in [0.1, 0.15) is 17.5 Å². The van der Waals surface area contributed by atoms with E-state index in [4.69, 9.17) is 0 Å². The lowest BCUT2D eigenvalue weighted by Crippen LogP contribution is -2.45. The summed E-state index contributed by atoms with van der Waals surface area (Å²) in [5.74, 6) is -0.969. The normalized spacial score (nSPS) is 16.7. The number of aryl methyl sites for hydroxylation is 1. The lowest BCUT2D eigenvalue weighted by Gasteiger charge is -2.27. The van der Waals surface area contributed by atoms with Crippen molar-refractivity contribution < 1.29 is 18.0 Å². The van der Waals surface area contributed by atoms with Gasteiger partial charge in [-0.2, -0.15) is 4.31 Å². The van der Waals surface area contributed by atoms with Gasteiger partial charge < -0.3 is 0 Å². The SMILES string of the molecule is Cc1ccc(N2C(=O)CC(N(Cc3ccccc3)S(=O)(=O)c3ccc(Br)cc3)C2=O)cc1. The average molecular weight is 513 g/mol. The highest BCUT2D eigenvalue weighted by atomic mass is 79.9. The number of nitrogens with zero attached hydrogens (tertiary/aromatic N) is 2. The molecule has 0 bridgehead atoms. The molecule has 0 aliphatic carbocycles. The van der Waals surface area contributed by atoms with Gasteiger partial charge in [0.25, 0.3) is 5.91 Å². The molecule has 0 N–H and O–H groups in total. The number of amides is 2. The smallest absolute Gasteiger partial charge is 0.252 e. The molecule has 1 fully saturated rings. The second-order valence-corrected chi connectivity index (χ2v) is 10.4. The van der Waals surface area contributed by atoms with Crippen molar-refractivity contribution in [1.29, 1.82) is 0 Å². The predicted molar refractivity (Wildman–Crippen MR) is 125 cm³/mol. The number of benzene rings is 3. The lowest BCUT2D eigenvalue weighted by atomic mass is 10.2. The average Bonchev–Trinajstić information content (AvgIpc) is 3.07. The molecule has 1 aliphatic rings. The summed E-state index contributed by atoms with van der Waals surface area (Å²) in [7, 11) is -4.06. The van der Waals surface area contributed by atoms with Crippen LogP contribution in [0.3, 0.4) is 0 Å². The number of hydrogen-bond donors (Lipinski definition) is 0. The molecule has 1 heterocycles. The molecule has 8 heteroatoms. The summed E-state index contributed by atoms with van der Waals surface area (Å²) in [6, 6.07) is 21.1. The van der Waals surface area contributed by atoms with Crippen molar-refractivity contribution in [2.75, 3.05) is 4.90 Å². The van der Waals surface area contributed by atoms with Gasteiger partial charge in [-0.25, -0.2) is 13.3 Å². The first kappa shape index (κ1) is 22.4. The van der Waals surface area contributed by atoms with E-state index in [9.17, 15) is 18.0 Å². The van der Waals surface area contributed by atoms with E-state index in [1.165, 1.54) is 12.1 Å². The van der Waals surface area contributed by atoms with Crippen LogP contribution in [0.15, 0.2) is 88.2 Å². The van der Waals surface area contributed by atoms with Crippen LogP contribution in [0, 0.1) is 6.92 Å². The zero-order chi connectivity index (χ0) is 22.9. The minimum atomic E-state index is -4.06. The second kappa shape index (κ2) is 8.97. The molecule has 1 saturated heterocycles. The van der Waals surface area contributed by atoms with E-state index in [2.05, 4.69) is 15.9 Å². The van der Waals surface area contributed by atoms with Crippen LogP contribution in [0.2, 0.25) is 0 Å². The van der Waals surface area contributed by atoms with Crippen LogP contribution in [0.5, 0.6) is 0 Å². The number of carbonyl (C=O) groups is 2. The molecule has 0 saturated carbocycles. The predicted octanol–water partition coefficient (Wildman–Crippen LogP) is 4.28. The van der Waals surface area contributed by atoms with Crippen molar-refractivity contribution in [2.45, 2.75) is 30.8 Å². The highest BCUT2D eigenvalue weighted by Gasteiger charge is 2.46. The molecule has 2 amide bonds. The summed E-state index contributed by atoms with van der Waals surface area (Å²) in [6.45, 7) is 1.89. The Morgan fingerprint density at radius 3 is 2.19 bits per heavy atom. The molecular weight excluding hydrogens is 492 g/mol. The van der Waals surface area contributed by atoms with Crippen molar-refractivity contribution >= 4 is 43.5 Å². The fourth-order valence-electron chi connectivity index (χ4n) is 3.67. The quantitative estimate of drug-likeness (QED) is 0.462. The molecule has 1 atom stereocenters. The number of sulfonamides is 1. The first-order valence-corrected chi connectivity index (χ1v) is 12.3. The third-order valence-corrected chi connectivity index (χ3v) is 7.76. The Labute approximate surface area is 195 Å². The third kappa shape index (κ3) is 4.39. The van der Waals surface area contributed by atoms with Crippen LogP contribution in [0.4, 0.5) is 5.69 Å². The summed E-state index contributed by atoms with van der Waals surface area (Å²) in [6.07, 6.45) is -0.213. The maximum absolute atomic E-state index is 13.6. The van der Waals surface area contributed by atoms with Crippen LogP contribution < -0.4 is 4.90 Å². The Balaban J connectivity index is 1.74. The number of rotatable bonds is 6. The molecule has 4 rings (SSSR count). The first-order chi connectivity index (χ1) is 15.3. The van der Waals surface area contributed by atoms with Crippen molar-refractivity contribution in [1.82, 2.24) is 4.31 Å². The maximum atomic E-state index is 13.6. The minimum Gasteiger partial charge on any atom is -0.274 e. The van der Waals surface area contributed by atoms with Gasteiger partial charge in [0.15, 0.2) is 0 Å². The molecule has 1 aliphatic heterocycles. The van der Waals surface area contributed by atoms with E-state index in [1.807, 2.05) is 25.1 Å². The van der Waals surface area contributed by atoms with E-state index < -0.39 is 27.9 Å². The molecule has 3 aromatic rings. The molecule has 6 nitrogen and oxygen atoms in total. The molecule has 0 radical (unpaired) electrons. The van der Waals surface area contributed by atoms with Gasteiger partial charge in [0.2, 0.25) is 15.9 Å². The molecular formula is C24H21BrN2O4S. The summed E-state index contributed by atoms with van der Waals surface area (Å²) < 4.78 is 29.1. The lowest BCUT2D eigenvalue weighted by molar-refractivity contribution is -0.122. The van der Waals surface area contributed by atoms with Crippen LogP contribution >= 0.6 is 15.9 Å². The number of hydrogen-bond acceptors (Lipinski definition) is 4.